The molecule has 2 aromatic rings. The van der Waals surface area contributed by atoms with Gasteiger partial charge in [-0.25, -0.2) is 0 Å². The van der Waals surface area contributed by atoms with E-state index in [0.29, 0.717) is 28.2 Å². The van der Waals surface area contributed by atoms with Crippen molar-refractivity contribution in [1.29, 1.82) is 0 Å². The molecule has 0 saturated carbocycles. The van der Waals surface area contributed by atoms with Crippen molar-refractivity contribution in [1.82, 2.24) is 0 Å². The smallest absolute Gasteiger partial charge is 0.293 e. The van der Waals surface area contributed by atoms with Gasteiger partial charge in [0, 0.05) is 20.2 Å². The van der Waals surface area contributed by atoms with Crippen molar-refractivity contribution in [3.05, 3.63) is 69.3 Å². The molecule has 7 heteroatoms. The number of nitrogens with zero attached hydrogens (tertiary/aromatic N) is 4. The number of benzene rings is 2. The minimum absolute atomic E-state index is 0.00796. The molecule has 144 valence electrons. The van der Waals surface area contributed by atoms with Crippen molar-refractivity contribution < 1.29 is 9.72 Å². The van der Waals surface area contributed by atoms with Crippen LogP contribution in [0.25, 0.3) is 6.08 Å². The Hall–Kier alpha value is -3.48. The molecule has 0 N–H and O–H groups in total. The van der Waals surface area contributed by atoms with Crippen LogP contribution in [0.3, 0.4) is 0 Å². The Morgan fingerprint density at radius 2 is 1.86 bits per heavy atom. The minimum atomic E-state index is -0.420. The summed E-state index contributed by atoms with van der Waals surface area (Å²) in [4.78, 5) is 25.5. The maximum absolute atomic E-state index is 12.9. The van der Waals surface area contributed by atoms with E-state index in [1.54, 1.807) is 44.1 Å². The Labute approximate surface area is 163 Å². The fourth-order valence-corrected chi connectivity index (χ4v) is 3.05. The Morgan fingerprint density at radius 1 is 1.18 bits per heavy atom. The molecule has 0 radical (unpaired) electrons. The van der Waals surface area contributed by atoms with Crippen LogP contribution in [0.5, 0.6) is 0 Å². The highest BCUT2D eigenvalue weighted by Crippen LogP contribution is 2.30. The number of hydrazone groups is 1. The van der Waals surface area contributed by atoms with E-state index in [1.807, 2.05) is 24.3 Å². The second-order valence-electron chi connectivity index (χ2n) is 6.78. The van der Waals surface area contributed by atoms with E-state index in [-0.39, 0.29) is 11.6 Å². The van der Waals surface area contributed by atoms with Crippen LogP contribution >= 0.6 is 0 Å². The molecular weight excluding hydrogens is 356 g/mol. The topological polar surface area (TPSA) is 79.1 Å². The summed E-state index contributed by atoms with van der Waals surface area (Å²) in [5.74, 6) is -0.249. The van der Waals surface area contributed by atoms with Gasteiger partial charge in [-0.2, -0.15) is 10.1 Å². The van der Waals surface area contributed by atoms with Crippen molar-refractivity contribution in [2.24, 2.45) is 5.10 Å². The first kappa shape index (κ1) is 19.3. The first-order chi connectivity index (χ1) is 13.3. The molecule has 0 fully saturated rings. The quantitative estimate of drug-likeness (QED) is 0.447. The maximum atomic E-state index is 12.9. The summed E-state index contributed by atoms with van der Waals surface area (Å²) < 4.78 is 0. The largest absolute Gasteiger partial charge is 0.372 e. The van der Waals surface area contributed by atoms with Gasteiger partial charge in [-0.15, -0.1) is 0 Å². The molecule has 0 saturated heterocycles. The second-order valence-corrected chi connectivity index (χ2v) is 6.78. The average molecular weight is 378 g/mol. The van der Waals surface area contributed by atoms with Crippen LogP contribution in [0.1, 0.15) is 25.0 Å². The third-order valence-electron chi connectivity index (χ3n) is 4.64. The number of rotatable bonds is 5. The molecule has 1 aliphatic heterocycles. The number of nitro groups is 1. The lowest BCUT2D eigenvalue weighted by Crippen LogP contribution is -2.21. The van der Waals surface area contributed by atoms with Gasteiger partial charge in [0.1, 0.15) is 5.69 Å². The molecule has 0 aromatic heterocycles. The third kappa shape index (κ3) is 3.64. The van der Waals surface area contributed by atoms with Crippen LogP contribution < -0.4 is 9.91 Å². The summed E-state index contributed by atoms with van der Waals surface area (Å²) in [6.45, 7) is 3.83. The Kier molecular flexibility index (Phi) is 5.26. The fraction of sp³-hybridized carbons (Fsp3) is 0.238. The van der Waals surface area contributed by atoms with Gasteiger partial charge in [-0.1, -0.05) is 25.1 Å². The number of nitro benzene ring substituents is 1. The molecular formula is C21H22N4O3. The Bertz CT molecular complexity index is 991. The molecule has 1 aliphatic rings. The van der Waals surface area contributed by atoms with E-state index < -0.39 is 4.92 Å². The van der Waals surface area contributed by atoms with Crippen LogP contribution in [-0.2, 0) is 11.2 Å². The predicted octanol–water partition coefficient (Wildman–Crippen LogP) is 4.03. The van der Waals surface area contributed by atoms with Crippen molar-refractivity contribution >= 4 is 34.8 Å². The summed E-state index contributed by atoms with van der Waals surface area (Å²) in [5.41, 5.74) is 3.95. The predicted molar refractivity (Wildman–Crippen MR) is 112 cm³/mol. The molecule has 1 heterocycles. The lowest BCUT2D eigenvalue weighted by atomic mass is 10.1. The molecule has 1 amide bonds. The highest BCUT2D eigenvalue weighted by atomic mass is 16.6. The SMILES string of the molecule is CCc1ccc(N2N=C(C)/C(=C\c3ccc(N(C)C)c([N+](=O)[O-])c3)C2=O)cc1. The number of hydrogen-bond donors (Lipinski definition) is 0. The molecule has 0 unspecified atom stereocenters. The van der Waals surface area contributed by atoms with E-state index in [0.717, 1.165) is 6.42 Å². The number of aryl methyl sites for hydroxylation is 1. The van der Waals surface area contributed by atoms with E-state index in [2.05, 4.69) is 12.0 Å². The van der Waals surface area contributed by atoms with Gasteiger partial charge >= 0.3 is 0 Å². The molecule has 28 heavy (non-hydrogen) atoms. The zero-order valence-electron chi connectivity index (χ0n) is 16.3. The van der Waals surface area contributed by atoms with E-state index in [1.165, 1.54) is 16.6 Å². The van der Waals surface area contributed by atoms with Crippen LogP contribution in [0, 0.1) is 10.1 Å². The molecule has 0 atom stereocenters. The Balaban J connectivity index is 1.94. The monoisotopic (exact) mass is 378 g/mol. The molecule has 0 spiro atoms. The van der Waals surface area contributed by atoms with E-state index >= 15 is 0 Å². The summed E-state index contributed by atoms with van der Waals surface area (Å²) >= 11 is 0. The van der Waals surface area contributed by atoms with E-state index in [4.69, 9.17) is 0 Å². The van der Waals surface area contributed by atoms with Gasteiger partial charge in [0.2, 0.25) is 0 Å². The molecule has 0 aliphatic carbocycles. The highest BCUT2D eigenvalue weighted by Gasteiger charge is 2.29. The summed E-state index contributed by atoms with van der Waals surface area (Å²) in [6.07, 6.45) is 2.57. The van der Waals surface area contributed by atoms with Crippen molar-refractivity contribution in [3.8, 4) is 0 Å². The van der Waals surface area contributed by atoms with Gasteiger partial charge in [-0.05, 0) is 48.7 Å². The number of hydrogen-bond acceptors (Lipinski definition) is 5. The Morgan fingerprint density at radius 3 is 2.43 bits per heavy atom. The lowest BCUT2D eigenvalue weighted by molar-refractivity contribution is -0.384. The van der Waals surface area contributed by atoms with Gasteiger partial charge in [0.05, 0.1) is 21.9 Å². The zero-order valence-corrected chi connectivity index (χ0v) is 16.3. The highest BCUT2D eigenvalue weighted by molar-refractivity contribution is 6.32. The molecule has 0 bridgehead atoms. The van der Waals surface area contributed by atoms with Crippen LogP contribution in [0.2, 0.25) is 0 Å². The lowest BCUT2D eigenvalue weighted by Gasteiger charge is -2.13. The number of amides is 1. The molecule has 3 rings (SSSR count). The molecule has 2 aromatic carbocycles. The zero-order chi connectivity index (χ0) is 20.4. The van der Waals surface area contributed by atoms with Crippen LogP contribution in [-0.4, -0.2) is 30.6 Å². The van der Waals surface area contributed by atoms with Crippen molar-refractivity contribution in [2.75, 3.05) is 24.0 Å². The van der Waals surface area contributed by atoms with Gasteiger partial charge in [0.15, 0.2) is 0 Å². The number of carbonyl (C=O) groups is 1. The average Bonchev–Trinajstić information content (AvgIpc) is 2.96. The standard InChI is InChI=1S/C21H22N4O3/c1-5-15-6-9-17(10-7-15)24-21(26)18(14(2)22-24)12-16-8-11-19(23(3)4)20(13-16)25(27)28/h6-13H,5H2,1-4H3/b18-12+. The number of carbonyl (C=O) groups excluding carboxylic acids is 1. The van der Waals surface area contributed by atoms with Crippen LogP contribution in [0.15, 0.2) is 53.1 Å². The molecule has 7 nitrogen and oxygen atoms in total. The minimum Gasteiger partial charge on any atom is -0.372 e. The summed E-state index contributed by atoms with van der Waals surface area (Å²) in [6, 6.07) is 12.6. The first-order valence-electron chi connectivity index (χ1n) is 8.98. The summed E-state index contributed by atoms with van der Waals surface area (Å²) in [7, 11) is 3.50. The normalized spacial score (nSPS) is 15.1. The van der Waals surface area contributed by atoms with E-state index in [9.17, 15) is 14.9 Å². The number of anilines is 2. The van der Waals surface area contributed by atoms with Gasteiger partial charge in [-0.3, -0.25) is 14.9 Å². The first-order valence-corrected chi connectivity index (χ1v) is 8.98. The summed E-state index contributed by atoms with van der Waals surface area (Å²) in [5, 5.41) is 17.1. The maximum Gasteiger partial charge on any atom is 0.293 e. The van der Waals surface area contributed by atoms with Crippen LogP contribution in [0.4, 0.5) is 17.1 Å². The second kappa shape index (κ2) is 7.64. The van der Waals surface area contributed by atoms with Crippen molar-refractivity contribution in [2.45, 2.75) is 20.3 Å². The fourth-order valence-electron chi connectivity index (χ4n) is 3.05. The van der Waals surface area contributed by atoms with Gasteiger partial charge in [0.25, 0.3) is 11.6 Å². The van der Waals surface area contributed by atoms with Gasteiger partial charge < -0.3 is 4.90 Å². The van der Waals surface area contributed by atoms with Crippen molar-refractivity contribution in [3.63, 3.8) is 0 Å². The third-order valence-corrected chi connectivity index (χ3v) is 4.64.